The van der Waals surface area contributed by atoms with Crippen molar-refractivity contribution in [1.82, 2.24) is 14.9 Å². The number of benzene rings is 2. The fourth-order valence-corrected chi connectivity index (χ4v) is 3.68. The van der Waals surface area contributed by atoms with E-state index in [9.17, 15) is 14.4 Å². The lowest BCUT2D eigenvalue weighted by molar-refractivity contribution is -0.136. The summed E-state index contributed by atoms with van der Waals surface area (Å²) in [6, 6.07) is 14.4. The van der Waals surface area contributed by atoms with Crippen LogP contribution in [-0.4, -0.2) is 53.4 Å². The molecular weight excluding hydrogens is 396 g/mol. The van der Waals surface area contributed by atoms with E-state index in [1.807, 2.05) is 24.3 Å². The molecule has 0 fully saturated rings. The lowest BCUT2D eigenvalue weighted by Crippen LogP contribution is -2.50. The maximum atomic E-state index is 13.0. The minimum absolute atomic E-state index is 0.101. The molecule has 0 saturated carbocycles. The number of amides is 2. The number of aryl methyl sites for hydroxylation is 1. The van der Waals surface area contributed by atoms with E-state index in [-0.39, 0.29) is 30.3 Å². The third-order valence-corrected chi connectivity index (χ3v) is 5.26. The number of nitrogens with zero attached hydrogens (tertiary/aromatic N) is 3. The quantitative estimate of drug-likeness (QED) is 0.682. The summed E-state index contributed by atoms with van der Waals surface area (Å²) < 4.78 is 5.83. The normalized spacial score (nSPS) is 15.3. The van der Waals surface area contributed by atoms with Crippen molar-refractivity contribution in [1.29, 1.82) is 0 Å². The summed E-state index contributed by atoms with van der Waals surface area (Å²) in [6.07, 6.45) is 0.504. The number of aromatic nitrogens is 2. The zero-order chi connectivity index (χ0) is 22.0. The van der Waals surface area contributed by atoms with Gasteiger partial charge < -0.3 is 19.5 Å². The van der Waals surface area contributed by atoms with Gasteiger partial charge >= 0.3 is 0 Å². The molecule has 2 heterocycles. The van der Waals surface area contributed by atoms with Gasteiger partial charge in [-0.15, -0.1) is 0 Å². The molecule has 1 aromatic heterocycles. The van der Waals surface area contributed by atoms with Crippen molar-refractivity contribution in [3.05, 3.63) is 64.7 Å². The third-order valence-electron chi connectivity index (χ3n) is 5.26. The Morgan fingerprint density at radius 1 is 1.16 bits per heavy atom. The first kappa shape index (κ1) is 20.6. The minimum Gasteiger partial charge on any atom is -0.476 e. The Bertz CT molecular complexity index is 1190. The van der Waals surface area contributed by atoms with E-state index in [4.69, 9.17) is 4.74 Å². The summed E-state index contributed by atoms with van der Waals surface area (Å²) in [6.45, 7) is 0.165. The Kier molecular flexibility index (Phi) is 5.70. The van der Waals surface area contributed by atoms with Crippen LogP contribution in [0, 0.1) is 0 Å². The standard InChI is InChI=1S/C23H24N4O4/c1-26(2)23(30)19-14-27(17-10-5-6-11-18(17)31-19)21(28)13-7-12-20-24-16-9-4-3-8-15(16)22(29)25-20/h3-6,8-11,19H,7,12-14H2,1-2H3,(H,24,25,29). The number of rotatable bonds is 5. The molecule has 0 saturated heterocycles. The summed E-state index contributed by atoms with van der Waals surface area (Å²) in [5, 5.41) is 0.545. The molecule has 4 rings (SSSR count). The van der Waals surface area contributed by atoms with Crippen molar-refractivity contribution in [2.75, 3.05) is 25.5 Å². The molecule has 2 amide bonds. The summed E-state index contributed by atoms with van der Waals surface area (Å²) in [5.41, 5.74) is 1.12. The van der Waals surface area contributed by atoms with Crippen molar-refractivity contribution in [3.63, 3.8) is 0 Å². The molecule has 8 nitrogen and oxygen atoms in total. The van der Waals surface area contributed by atoms with Gasteiger partial charge in [0.25, 0.3) is 11.5 Å². The molecule has 0 spiro atoms. The Balaban J connectivity index is 1.46. The van der Waals surface area contributed by atoms with Gasteiger partial charge in [0.2, 0.25) is 5.91 Å². The predicted molar refractivity (Wildman–Crippen MR) is 117 cm³/mol. The van der Waals surface area contributed by atoms with Gasteiger partial charge in [-0.2, -0.15) is 0 Å². The number of carbonyl (C=O) groups excluding carboxylic acids is 2. The summed E-state index contributed by atoms with van der Waals surface area (Å²) in [7, 11) is 3.32. The number of ether oxygens (including phenoxy) is 1. The Morgan fingerprint density at radius 3 is 2.71 bits per heavy atom. The van der Waals surface area contributed by atoms with Crippen LogP contribution < -0.4 is 15.2 Å². The molecule has 160 valence electrons. The average Bonchev–Trinajstić information content (AvgIpc) is 2.77. The monoisotopic (exact) mass is 420 g/mol. The number of aromatic amines is 1. The molecule has 2 aromatic carbocycles. The lowest BCUT2D eigenvalue weighted by Gasteiger charge is -2.35. The van der Waals surface area contributed by atoms with E-state index >= 15 is 0 Å². The number of carbonyl (C=O) groups is 2. The van der Waals surface area contributed by atoms with Gasteiger partial charge in [-0.05, 0) is 30.7 Å². The summed E-state index contributed by atoms with van der Waals surface area (Å²) in [4.78, 5) is 48.0. The zero-order valence-electron chi connectivity index (χ0n) is 17.5. The number of H-pyrrole nitrogens is 1. The van der Waals surface area contributed by atoms with Gasteiger partial charge in [-0.25, -0.2) is 4.98 Å². The van der Waals surface area contributed by atoms with Crippen LogP contribution in [-0.2, 0) is 16.0 Å². The maximum absolute atomic E-state index is 13.0. The van der Waals surface area contributed by atoms with Crippen LogP contribution >= 0.6 is 0 Å². The maximum Gasteiger partial charge on any atom is 0.265 e. The highest BCUT2D eigenvalue weighted by Gasteiger charge is 2.34. The van der Waals surface area contributed by atoms with Crippen molar-refractivity contribution in [2.24, 2.45) is 0 Å². The minimum atomic E-state index is -0.743. The van der Waals surface area contributed by atoms with E-state index in [2.05, 4.69) is 9.97 Å². The number of anilines is 1. The second-order valence-corrected chi connectivity index (χ2v) is 7.69. The largest absolute Gasteiger partial charge is 0.476 e. The van der Waals surface area contributed by atoms with E-state index in [0.29, 0.717) is 41.0 Å². The smallest absolute Gasteiger partial charge is 0.265 e. The van der Waals surface area contributed by atoms with Crippen LogP contribution in [0.2, 0.25) is 0 Å². The first-order valence-corrected chi connectivity index (χ1v) is 10.2. The molecular formula is C23H24N4O4. The van der Waals surface area contributed by atoms with Gasteiger partial charge in [0, 0.05) is 26.9 Å². The first-order valence-electron chi connectivity index (χ1n) is 10.2. The van der Waals surface area contributed by atoms with Crippen molar-refractivity contribution < 1.29 is 14.3 Å². The lowest BCUT2D eigenvalue weighted by atomic mass is 10.1. The Morgan fingerprint density at radius 2 is 1.90 bits per heavy atom. The SMILES string of the molecule is CN(C)C(=O)C1CN(C(=O)CCCc2nc3ccccc3c(=O)[nH]2)c2ccccc2O1. The third kappa shape index (κ3) is 4.28. The number of fused-ring (bicyclic) bond motifs is 2. The van der Waals surface area contributed by atoms with E-state index in [1.165, 1.54) is 4.90 Å². The highest BCUT2D eigenvalue weighted by Crippen LogP contribution is 2.34. The molecule has 8 heteroatoms. The van der Waals surface area contributed by atoms with E-state index in [0.717, 1.165) is 0 Å². The molecule has 1 aliphatic heterocycles. The molecule has 1 atom stereocenters. The fourth-order valence-electron chi connectivity index (χ4n) is 3.68. The highest BCUT2D eigenvalue weighted by atomic mass is 16.5. The van der Waals surface area contributed by atoms with Gasteiger partial charge in [-0.1, -0.05) is 24.3 Å². The number of hydrogen-bond acceptors (Lipinski definition) is 5. The topological polar surface area (TPSA) is 95.6 Å². The van der Waals surface area contributed by atoms with Gasteiger partial charge in [-0.3, -0.25) is 14.4 Å². The van der Waals surface area contributed by atoms with Crippen LogP contribution in [0.5, 0.6) is 5.75 Å². The van der Waals surface area contributed by atoms with Crippen LogP contribution in [0.25, 0.3) is 10.9 Å². The fraction of sp³-hybridized carbons (Fsp3) is 0.304. The zero-order valence-corrected chi connectivity index (χ0v) is 17.5. The molecule has 1 N–H and O–H groups in total. The molecule has 1 aliphatic rings. The summed E-state index contributed by atoms with van der Waals surface area (Å²) >= 11 is 0. The van der Waals surface area contributed by atoms with E-state index in [1.54, 1.807) is 43.3 Å². The van der Waals surface area contributed by atoms with Gasteiger partial charge in [0.05, 0.1) is 23.1 Å². The Hall–Kier alpha value is -3.68. The molecule has 3 aromatic rings. The highest BCUT2D eigenvalue weighted by molar-refractivity contribution is 5.97. The predicted octanol–water partition coefficient (Wildman–Crippen LogP) is 2.13. The van der Waals surface area contributed by atoms with Crippen molar-refractivity contribution in [3.8, 4) is 5.75 Å². The molecule has 0 bridgehead atoms. The van der Waals surface area contributed by atoms with Gasteiger partial charge in [0.15, 0.2) is 6.10 Å². The van der Waals surface area contributed by atoms with Crippen molar-refractivity contribution in [2.45, 2.75) is 25.4 Å². The number of para-hydroxylation sites is 3. The molecule has 0 radical (unpaired) electrons. The second-order valence-electron chi connectivity index (χ2n) is 7.69. The van der Waals surface area contributed by atoms with Crippen molar-refractivity contribution >= 4 is 28.4 Å². The van der Waals surface area contributed by atoms with Crippen LogP contribution in [0.4, 0.5) is 5.69 Å². The number of nitrogens with one attached hydrogen (secondary N) is 1. The van der Waals surface area contributed by atoms with Crippen LogP contribution in [0.3, 0.4) is 0 Å². The average molecular weight is 420 g/mol. The van der Waals surface area contributed by atoms with Crippen LogP contribution in [0.15, 0.2) is 53.3 Å². The van der Waals surface area contributed by atoms with Crippen LogP contribution in [0.1, 0.15) is 18.7 Å². The number of hydrogen-bond donors (Lipinski definition) is 1. The second kappa shape index (κ2) is 8.59. The molecule has 1 unspecified atom stereocenters. The van der Waals surface area contributed by atoms with Gasteiger partial charge in [0.1, 0.15) is 11.6 Å². The Labute approximate surface area is 179 Å². The first-order chi connectivity index (χ1) is 14.9. The molecule has 31 heavy (non-hydrogen) atoms. The number of likely N-dealkylation sites (N-methyl/N-ethyl adjacent to an activating group) is 1. The molecule has 0 aliphatic carbocycles. The summed E-state index contributed by atoms with van der Waals surface area (Å²) in [5.74, 6) is 0.781. The van der Waals surface area contributed by atoms with E-state index < -0.39 is 6.10 Å².